The summed E-state index contributed by atoms with van der Waals surface area (Å²) in [5.74, 6) is 0.250. The van der Waals surface area contributed by atoms with Crippen LogP contribution in [-0.4, -0.2) is 25.0 Å². The molecule has 0 fully saturated rings. The van der Waals surface area contributed by atoms with E-state index in [1.165, 1.54) is 0 Å². The molecular weight excluding hydrogens is 320 g/mol. The van der Waals surface area contributed by atoms with Gasteiger partial charge in [-0.25, -0.2) is 0 Å². The van der Waals surface area contributed by atoms with Crippen LogP contribution in [0.15, 0.2) is 42.5 Å². The van der Waals surface area contributed by atoms with E-state index in [1.54, 1.807) is 30.3 Å². The highest BCUT2D eigenvalue weighted by Gasteiger charge is 2.13. The van der Waals surface area contributed by atoms with Gasteiger partial charge in [0.15, 0.2) is 11.5 Å². The summed E-state index contributed by atoms with van der Waals surface area (Å²) in [5.41, 5.74) is 6.52. The summed E-state index contributed by atoms with van der Waals surface area (Å²) >= 11 is 0. The number of aryl methyl sites for hydroxylation is 1. The standard InChI is InChI=1S/C19H22N2O4/c1-4-24-16-11-10-14(12-17(16)25-5-2)18(22)20-21-19(23)15-9-7-6-8-13(15)3/h6-12H,4-5H2,1-3H3,(H,20,22)(H,21,23). The molecule has 2 aromatic rings. The average molecular weight is 342 g/mol. The summed E-state index contributed by atoms with van der Waals surface area (Å²) in [5, 5.41) is 0. The molecular formula is C19H22N2O4. The van der Waals surface area contributed by atoms with Crippen molar-refractivity contribution >= 4 is 11.8 Å². The number of amides is 2. The number of hydrogen-bond acceptors (Lipinski definition) is 4. The lowest BCUT2D eigenvalue weighted by Crippen LogP contribution is -2.41. The second-order valence-corrected chi connectivity index (χ2v) is 5.25. The normalized spacial score (nSPS) is 10.0. The molecule has 0 radical (unpaired) electrons. The first-order valence-corrected chi connectivity index (χ1v) is 8.12. The minimum atomic E-state index is -0.439. The van der Waals surface area contributed by atoms with Gasteiger partial charge >= 0.3 is 0 Å². The van der Waals surface area contributed by atoms with E-state index in [0.717, 1.165) is 5.56 Å². The fourth-order valence-electron chi connectivity index (χ4n) is 2.27. The molecule has 0 bridgehead atoms. The number of ether oxygens (including phenoxy) is 2. The van der Waals surface area contributed by atoms with Crippen LogP contribution >= 0.6 is 0 Å². The zero-order valence-electron chi connectivity index (χ0n) is 14.6. The van der Waals surface area contributed by atoms with Crippen LogP contribution in [0.5, 0.6) is 11.5 Å². The van der Waals surface area contributed by atoms with Crippen LogP contribution in [0.2, 0.25) is 0 Å². The molecule has 25 heavy (non-hydrogen) atoms. The Morgan fingerprint density at radius 1 is 0.880 bits per heavy atom. The molecule has 0 aromatic heterocycles. The van der Waals surface area contributed by atoms with Crippen LogP contribution in [0.25, 0.3) is 0 Å². The first-order valence-electron chi connectivity index (χ1n) is 8.12. The van der Waals surface area contributed by atoms with Gasteiger partial charge in [0.05, 0.1) is 13.2 Å². The van der Waals surface area contributed by atoms with E-state index >= 15 is 0 Å². The molecule has 2 aromatic carbocycles. The SMILES string of the molecule is CCOc1ccc(C(=O)NNC(=O)c2ccccc2C)cc1OCC. The summed E-state index contributed by atoms with van der Waals surface area (Å²) in [4.78, 5) is 24.4. The van der Waals surface area contributed by atoms with E-state index < -0.39 is 5.91 Å². The Kier molecular flexibility index (Phi) is 6.39. The third-order valence-electron chi connectivity index (χ3n) is 3.48. The Balaban J connectivity index is 2.06. The third-order valence-corrected chi connectivity index (χ3v) is 3.48. The van der Waals surface area contributed by atoms with Gasteiger partial charge in [0.2, 0.25) is 0 Å². The monoisotopic (exact) mass is 342 g/mol. The van der Waals surface area contributed by atoms with Crippen LogP contribution in [0.3, 0.4) is 0 Å². The van der Waals surface area contributed by atoms with Crippen molar-refractivity contribution in [2.45, 2.75) is 20.8 Å². The van der Waals surface area contributed by atoms with E-state index in [1.807, 2.05) is 32.9 Å². The third kappa shape index (κ3) is 4.73. The lowest BCUT2D eigenvalue weighted by atomic mass is 10.1. The molecule has 0 aliphatic heterocycles. The number of carbonyl (C=O) groups excluding carboxylic acids is 2. The van der Waals surface area contributed by atoms with Gasteiger partial charge in [-0.2, -0.15) is 0 Å². The quantitative estimate of drug-likeness (QED) is 0.792. The van der Waals surface area contributed by atoms with Gasteiger partial charge in [-0.3, -0.25) is 20.4 Å². The van der Waals surface area contributed by atoms with Crippen LogP contribution in [0, 0.1) is 6.92 Å². The summed E-state index contributed by atoms with van der Waals surface area (Å²) in [7, 11) is 0. The van der Waals surface area contributed by atoms with Gasteiger partial charge in [0.25, 0.3) is 11.8 Å². The van der Waals surface area contributed by atoms with Crippen molar-refractivity contribution < 1.29 is 19.1 Å². The molecule has 0 heterocycles. The molecule has 2 N–H and O–H groups in total. The average Bonchev–Trinajstić information content (AvgIpc) is 2.61. The van der Waals surface area contributed by atoms with Gasteiger partial charge in [-0.05, 0) is 50.6 Å². The smallest absolute Gasteiger partial charge is 0.269 e. The number of hydrogen-bond donors (Lipinski definition) is 2. The Labute approximate surface area is 147 Å². The van der Waals surface area contributed by atoms with Crippen LogP contribution in [0.1, 0.15) is 40.1 Å². The van der Waals surface area contributed by atoms with E-state index in [9.17, 15) is 9.59 Å². The first-order chi connectivity index (χ1) is 12.1. The lowest BCUT2D eigenvalue weighted by Gasteiger charge is -2.13. The van der Waals surface area contributed by atoms with Crippen LogP contribution in [-0.2, 0) is 0 Å². The van der Waals surface area contributed by atoms with Crippen molar-refractivity contribution in [2.75, 3.05) is 13.2 Å². The zero-order chi connectivity index (χ0) is 18.2. The maximum absolute atomic E-state index is 12.3. The largest absolute Gasteiger partial charge is 0.490 e. The molecule has 0 unspecified atom stereocenters. The molecule has 2 rings (SSSR count). The van der Waals surface area contributed by atoms with Crippen molar-refractivity contribution in [1.82, 2.24) is 10.9 Å². The highest BCUT2D eigenvalue weighted by molar-refractivity contribution is 6.00. The Morgan fingerprint density at radius 2 is 1.52 bits per heavy atom. The summed E-state index contributed by atoms with van der Waals surface area (Å²) < 4.78 is 11.0. The van der Waals surface area contributed by atoms with Gasteiger partial charge in [0.1, 0.15) is 0 Å². The second-order valence-electron chi connectivity index (χ2n) is 5.25. The zero-order valence-corrected chi connectivity index (χ0v) is 14.6. The molecule has 0 atom stereocenters. The topological polar surface area (TPSA) is 76.7 Å². The predicted molar refractivity (Wildman–Crippen MR) is 94.9 cm³/mol. The van der Waals surface area contributed by atoms with E-state index in [2.05, 4.69) is 10.9 Å². The first kappa shape index (κ1) is 18.3. The van der Waals surface area contributed by atoms with Crippen LogP contribution in [0.4, 0.5) is 0 Å². The Hall–Kier alpha value is -3.02. The molecule has 6 heteroatoms. The minimum absolute atomic E-state index is 0.358. The summed E-state index contributed by atoms with van der Waals surface area (Å²) in [6.45, 7) is 6.51. The molecule has 0 aliphatic rings. The van der Waals surface area contributed by atoms with Crippen molar-refractivity contribution in [3.63, 3.8) is 0 Å². The molecule has 2 amide bonds. The number of benzene rings is 2. The maximum atomic E-state index is 12.3. The van der Waals surface area contributed by atoms with Crippen molar-refractivity contribution in [1.29, 1.82) is 0 Å². The molecule has 0 aliphatic carbocycles. The van der Waals surface area contributed by atoms with E-state index in [0.29, 0.717) is 35.8 Å². The Bertz CT molecular complexity index is 759. The van der Waals surface area contributed by atoms with Crippen molar-refractivity contribution in [3.8, 4) is 11.5 Å². The number of carbonyl (C=O) groups is 2. The van der Waals surface area contributed by atoms with Crippen molar-refractivity contribution in [3.05, 3.63) is 59.2 Å². The van der Waals surface area contributed by atoms with Crippen molar-refractivity contribution in [2.24, 2.45) is 0 Å². The molecule has 0 saturated carbocycles. The highest BCUT2D eigenvalue weighted by atomic mass is 16.5. The number of rotatable bonds is 6. The molecule has 132 valence electrons. The lowest BCUT2D eigenvalue weighted by molar-refractivity contribution is 0.0846. The van der Waals surface area contributed by atoms with E-state index in [-0.39, 0.29) is 5.91 Å². The minimum Gasteiger partial charge on any atom is -0.490 e. The second kappa shape index (κ2) is 8.73. The fraction of sp³-hybridized carbons (Fsp3) is 0.263. The maximum Gasteiger partial charge on any atom is 0.269 e. The molecule has 0 spiro atoms. The predicted octanol–water partition coefficient (Wildman–Crippen LogP) is 2.87. The number of hydrazine groups is 1. The van der Waals surface area contributed by atoms with Gasteiger partial charge in [-0.1, -0.05) is 18.2 Å². The van der Waals surface area contributed by atoms with Crippen LogP contribution < -0.4 is 20.3 Å². The molecule has 6 nitrogen and oxygen atoms in total. The van der Waals surface area contributed by atoms with E-state index in [4.69, 9.17) is 9.47 Å². The van der Waals surface area contributed by atoms with Gasteiger partial charge < -0.3 is 9.47 Å². The number of nitrogens with one attached hydrogen (secondary N) is 2. The van der Waals surface area contributed by atoms with Gasteiger partial charge in [0, 0.05) is 11.1 Å². The fourth-order valence-corrected chi connectivity index (χ4v) is 2.27. The summed E-state index contributed by atoms with van der Waals surface area (Å²) in [6, 6.07) is 12.0. The summed E-state index contributed by atoms with van der Waals surface area (Å²) in [6.07, 6.45) is 0. The Morgan fingerprint density at radius 3 is 2.20 bits per heavy atom. The highest BCUT2D eigenvalue weighted by Crippen LogP contribution is 2.28. The molecule has 0 saturated heterocycles. The van der Waals surface area contributed by atoms with Gasteiger partial charge in [-0.15, -0.1) is 0 Å².